The van der Waals surface area contributed by atoms with Gasteiger partial charge in [0.2, 0.25) is 11.6 Å². The van der Waals surface area contributed by atoms with Crippen molar-refractivity contribution < 1.29 is 23.9 Å². The second kappa shape index (κ2) is 28.2. The number of carbonyl (C=O) groups excluding carboxylic acids is 4. The molecule has 0 fully saturated rings. The molecule has 0 aliphatic carbocycles. The van der Waals surface area contributed by atoms with Gasteiger partial charge in [0.25, 0.3) is 0 Å². The second-order valence-corrected chi connectivity index (χ2v) is 5.12. The highest BCUT2D eigenvalue weighted by Gasteiger charge is 2.30. The number of hydrogen-bond acceptors (Lipinski definition) is 16. The molecule has 0 aliphatic rings. The molecule has 1 unspecified atom stereocenters. The monoisotopic (exact) mass is 549 g/mol. The molecule has 0 saturated carbocycles. The van der Waals surface area contributed by atoms with Crippen LogP contribution in [0.1, 0.15) is 12.8 Å². The predicted molar refractivity (Wildman–Crippen MR) is 141 cm³/mol. The molecule has 0 bridgehead atoms. The van der Waals surface area contributed by atoms with Gasteiger partial charge in [-0.1, -0.05) is 0 Å². The summed E-state index contributed by atoms with van der Waals surface area (Å²) in [6.07, 6.45) is 0.722. The topological polar surface area (TPSA) is 128 Å². The Morgan fingerprint density at radius 1 is 0.964 bits per heavy atom. The first-order valence-corrected chi connectivity index (χ1v) is 13.2. The number of hydrazine groups is 1. The summed E-state index contributed by atoms with van der Waals surface area (Å²) < 4.78 is 4.47. The third kappa shape index (κ3) is 18.0. The number of rotatable bonds is 12. The van der Waals surface area contributed by atoms with Gasteiger partial charge in [-0.15, -0.1) is 70.0 Å². The molecule has 0 spiro atoms. The summed E-state index contributed by atoms with van der Waals surface area (Å²) in [4.78, 5) is 46.1. The van der Waals surface area contributed by atoms with Gasteiger partial charge in [0.1, 0.15) is 6.29 Å². The molecular formula is C12H27N3O5S8. The molecule has 0 aromatic carbocycles. The van der Waals surface area contributed by atoms with E-state index in [2.05, 4.69) is 111 Å². The van der Waals surface area contributed by atoms with Gasteiger partial charge in [0, 0.05) is 17.9 Å². The van der Waals surface area contributed by atoms with Gasteiger partial charge < -0.3 is 9.53 Å². The van der Waals surface area contributed by atoms with Crippen LogP contribution in [-0.4, -0.2) is 60.6 Å². The summed E-state index contributed by atoms with van der Waals surface area (Å²) in [7, 11) is 1.24. The van der Waals surface area contributed by atoms with E-state index >= 15 is 0 Å². The normalized spacial score (nSPS) is 12.2. The van der Waals surface area contributed by atoms with Crippen LogP contribution in [0.2, 0.25) is 0 Å². The Morgan fingerprint density at radius 3 is 1.71 bits per heavy atom. The van der Waals surface area contributed by atoms with E-state index in [1.165, 1.54) is 7.11 Å². The lowest BCUT2D eigenvalue weighted by Crippen LogP contribution is -2.53. The molecule has 0 saturated heterocycles. The molecule has 0 aromatic heterocycles. The predicted octanol–water partition coefficient (Wildman–Crippen LogP) is 0.578. The largest absolute Gasteiger partial charge is 0.469 e. The zero-order chi connectivity index (χ0) is 23.1. The van der Waals surface area contributed by atoms with E-state index < -0.39 is 35.7 Å². The zero-order valence-corrected chi connectivity index (χ0v) is 22.0. The third-order valence-electron chi connectivity index (χ3n) is 2.91. The van der Waals surface area contributed by atoms with Crippen molar-refractivity contribution in [3.05, 3.63) is 0 Å². The Balaban J connectivity index is -0.000000434. The fourth-order valence-electron chi connectivity index (χ4n) is 1.59. The fourth-order valence-corrected chi connectivity index (χ4v) is 2.13. The molecule has 16 heteroatoms. The Hall–Kier alpha value is 1.16. The van der Waals surface area contributed by atoms with E-state index in [9.17, 15) is 19.2 Å². The van der Waals surface area contributed by atoms with Crippen molar-refractivity contribution in [2.45, 2.75) is 31.0 Å². The number of Topliss-reactive ketones (excluding diaryl/α,β-unsaturated/α-hetero) is 2. The van der Waals surface area contributed by atoms with E-state index in [4.69, 9.17) is 5.84 Å². The molecule has 4 N–H and O–H groups in total. The second-order valence-electron chi connectivity index (χ2n) is 4.39. The van der Waals surface area contributed by atoms with Crippen LogP contribution in [0.4, 0.5) is 0 Å². The van der Waals surface area contributed by atoms with E-state index in [1.807, 2.05) is 0 Å². The third-order valence-corrected chi connectivity index (χ3v) is 3.64. The van der Waals surface area contributed by atoms with Gasteiger partial charge in [-0.2, -0.15) is 25.3 Å². The van der Waals surface area contributed by atoms with Crippen LogP contribution < -0.4 is 16.6 Å². The summed E-state index contributed by atoms with van der Waals surface area (Å²) in [6, 6.07) is -2.64. The van der Waals surface area contributed by atoms with Crippen LogP contribution in [0.5, 0.6) is 0 Å². The number of methoxy groups -OCH3 is 1. The number of aldehydes is 1. The number of esters is 1. The Labute approximate surface area is 207 Å². The average molecular weight is 550 g/mol. The Bertz CT molecular complexity index is 419. The maximum Gasteiger partial charge on any atom is 0.305 e. The van der Waals surface area contributed by atoms with Gasteiger partial charge in [-0.05, 0) is 6.42 Å². The summed E-state index contributed by atoms with van der Waals surface area (Å²) in [6.45, 7) is 0. The van der Waals surface area contributed by atoms with Gasteiger partial charge in [-0.25, -0.2) is 5.43 Å². The minimum absolute atomic E-state index is 0.0109. The van der Waals surface area contributed by atoms with Crippen molar-refractivity contribution in [3.8, 4) is 0 Å². The SMILES string of the molecule is COC(=O)CCC(C=O)N[C@@H](CS)C(=O)C(=O)[C@H](CS)NN.SS.SS.SS. The molecule has 8 nitrogen and oxygen atoms in total. The molecule has 0 rings (SSSR count). The van der Waals surface area contributed by atoms with Crippen molar-refractivity contribution in [2.75, 3.05) is 18.6 Å². The van der Waals surface area contributed by atoms with Crippen LogP contribution in [0.3, 0.4) is 0 Å². The van der Waals surface area contributed by atoms with Crippen molar-refractivity contribution in [1.82, 2.24) is 10.7 Å². The highest BCUT2D eigenvalue weighted by molar-refractivity contribution is 8.60. The number of ether oxygens (including phenoxy) is 1. The van der Waals surface area contributed by atoms with Crippen LogP contribution in [0.25, 0.3) is 0 Å². The van der Waals surface area contributed by atoms with Gasteiger partial charge in [0.15, 0.2) is 0 Å². The van der Waals surface area contributed by atoms with E-state index in [0.717, 1.165) is 0 Å². The summed E-state index contributed by atoms with van der Waals surface area (Å²) in [5.41, 5.74) is 2.20. The molecule has 28 heavy (non-hydrogen) atoms. The Kier molecular flexibility index (Phi) is 36.7. The fraction of sp³-hybridized carbons (Fsp3) is 0.667. The minimum atomic E-state index is -0.959. The number of carbonyl (C=O) groups is 4. The molecule has 3 atom stereocenters. The van der Waals surface area contributed by atoms with Crippen molar-refractivity contribution in [2.24, 2.45) is 5.84 Å². The van der Waals surface area contributed by atoms with Crippen molar-refractivity contribution >= 4 is 119 Å². The molecule has 0 aliphatic heterocycles. The summed E-state index contributed by atoms with van der Waals surface area (Å²) >= 11 is 27.3. The standard InChI is InChI=1S/C12H21N3O5S2.3H2S2/c1-20-10(17)3-2-7(4-16)14-8(5-21)11(18)12(19)9(6-22)15-13;3*1-2/h4,7-9,14-15,21-22H,2-3,5-6,13H2,1H3;3*1-2H/t7?,8-,9-;;;/m0.../s1. The molecular weight excluding hydrogens is 523 g/mol. The number of ketones is 2. The van der Waals surface area contributed by atoms with Crippen LogP contribution in [-0.2, 0) is 23.9 Å². The minimum Gasteiger partial charge on any atom is -0.469 e. The first-order valence-electron chi connectivity index (χ1n) is 7.09. The molecule has 0 amide bonds. The van der Waals surface area contributed by atoms with Crippen LogP contribution in [0.15, 0.2) is 0 Å². The lowest BCUT2D eigenvalue weighted by molar-refractivity contribution is -0.141. The lowest BCUT2D eigenvalue weighted by Gasteiger charge is -2.21. The molecule has 0 aromatic rings. The molecule has 0 radical (unpaired) electrons. The van der Waals surface area contributed by atoms with Gasteiger partial charge in [-0.3, -0.25) is 25.5 Å². The summed E-state index contributed by atoms with van der Waals surface area (Å²) in [5.74, 6) is 3.26. The highest BCUT2D eigenvalue weighted by atomic mass is 33.1. The number of thiol groups is 8. The van der Waals surface area contributed by atoms with Crippen molar-refractivity contribution in [1.29, 1.82) is 0 Å². The van der Waals surface area contributed by atoms with Gasteiger partial charge in [0.05, 0.1) is 25.2 Å². The van der Waals surface area contributed by atoms with Crippen LogP contribution in [0, 0.1) is 0 Å². The smallest absolute Gasteiger partial charge is 0.305 e. The maximum atomic E-state index is 12.1. The molecule has 0 heterocycles. The van der Waals surface area contributed by atoms with Crippen LogP contribution >= 0.6 is 95.2 Å². The zero-order valence-electron chi connectivity index (χ0n) is 14.8. The van der Waals surface area contributed by atoms with Crippen molar-refractivity contribution in [3.63, 3.8) is 0 Å². The number of nitrogens with two attached hydrogens (primary N) is 1. The molecule has 168 valence electrons. The first kappa shape index (κ1) is 36.5. The first-order chi connectivity index (χ1) is 13.4. The Morgan fingerprint density at radius 2 is 1.39 bits per heavy atom. The van der Waals surface area contributed by atoms with Gasteiger partial charge >= 0.3 is 5.97 Å². The van der Waals surface area contributed by atoms with E-state index in [0.29, 0.717) is 6.29 Å². The summed E-state index contributed by atoms with van der Waals surface area (Å²) in [5, 5.41) is 2.70. The van der Waals surface area contributed by atoms with E-state index in [-0.39, 0.29) is 24.3 Å². The lowest BCUT2D eigenvalue weighted by atomic mass is 10.0. The number of nitrogens with one attached hydrogen (secondary N) is 2. The maximum absolute atomic E-state index is 12.1. The highest BCUT2D eigenvalue weighted by Crippen LogP contribution is 2.03. The van der Waals surface area contributed by atoms with E-state index in [1.54, 1.807) is 0 Å². The number of hydrogen-bond donors (Lipinski definition) is 11. The quantitative estimate of drug-likeness (QED) is 0.0325. The average Bonchev–Trinajstić information content (AvgIpc) is 2.78.